The monoisotopic (exact) mass is 431 g/mol. The van der Waals surface area contributed by atoms with E-state index in [0.717, 1.165) is 5.56 Å². The second-order valence-electron chi connectivity index (χ2n) is 7.43. The Morgan fingerprint density at radius 1 is 1.10 bits per heavy atom. The predicted octanol–water partition coefficient (Wildman–Crippen LogP) is 2.76. The van der Waals surface area contributed by atoms with Gasteiger partial charge in [-0.1, -0.05) is 37.3 Å². The van der Waals surface area contributed by atoms with E-state index in [2.05, 4.69) is 10.2 Å². The molecule has 1 aliphatic rings. The molecule has 1 heterocycles. The van der Waals surface area contributed by atoms with Crippen LogP contribution >= 0.6 is 0 Å². The summed E-state index contributed by atoms with van der Waals surface area (Å²) in [6.07, 6.45) is 0.622. The molecule has 0 saturated carbocycles. The Labute approximate surface area is 178 Å². The highest BCUT2D eigenvalue weighted by Crippen LogP contribution is 2.31. The fourth-order valence-corrected chi connectivity index (χ4v) is 5.05. The zero-order chi connectivity index (χ0) is 21.7. The lowest BCUT2D eigenvalue weighted by atomic mass is 9.95. The van der Waals surface area contributed by atoms with Crippen LogP contribution in [0.15, 0.2) is 53.4 Å². The van der Waals surface area contributed by atoms with Crippen LogP contribution in [0, 0.1) is 0 Å². The Morgan fingerprint density at radius 2 is 1.77 bits per heavy atom. The van der Waals surface area contributed by atoms with Gasteiger partial charge in [0.2, 0.25) is 15.9 Å². The minimum Gasteiger partial charge on any atom is -0.495 e. The Hall–Kier alpha value is -2.42. The van der Waals surface area contributed by atoms with E-state index in [1.165, 1.54) is 23.5 Å². The smallest absolute Gasteiger partial charge is 0.243 e. The topological polar surface area (TPSA) is 79.0 Å². The Morgan fingerprint density at radius 3 is 2.37 bits per heavy atom. The number of ether oxygens (including phenoxy) is 1. The second-order valence-corrected chi connectivity index (χ2v) is 9.37. The highest BCUT2D eigenvalue weighted by atomic mass is 32.2. The zero-order valence-corrected chi connectivity index (χ0v) is 18.5. The number of carbonyl (C=O) groups is 1. The van der Waals surface area contributed by atoms with Gasteiger partial charge in [-0.15, -0.1) is 0 Å². The molecule has 1 atom stereocenters. The maximum Gasteiger partial charge on any atom is 0.243 e. The number of piperazine rings is 1. The molecule has 1 N–H and O–H groups in total. The van der Waals surface area contributed by atoms with Crippen molar-refractivity contribution < 1.29 is 17.9 Å². The van der Waals surface area contributed by atoms with E-state index in [1.54, 1.807) is 6.07 Å². The van der Waals surface area contributed by atoms with Crippen molar-refractivity contribution in [2.75, 3.05) is 45.7 Å². The molecule has 1 saturated heterocycles. The first kappa shape index (κ1) is 22.3. The van der Waals surface area contributed by atoms with Crippen molar-refractivity contribution in [2.45, 2.75) is 24.2 Å². The second kappa shape index (κ2) is 9.59. The molecule has 30 heavy (non-hydrogen) atoms. The first-order chi connectivity index (χ1) is 14.4. The van der Waals surface area contributed by atoms with E-state index < -0.39 is 10.0 Å². The molecule has 0 spiro atoms. The number of amides is 1. The summed E-state index contributed by atoms with van der Waals surface area (Å²) in [5, 5.41) is 2.88. The molecule has 162 valence electrons. The van der Waals surface area contributed by atoms with Crippen molar-refractivity contribution in [1.29, 1.82) is 0 Å². The van der Waals surface area contributed by atoms with Crippen LogP contribution < -0.4 is 10.1 Å². The third kappa shape index (κ3) is 4.83. The summed E-state index contributed by atoms with van der Waals surface area (Å²) in [5.41, 5.74) is 1.27. The number of carbonyl (C=O) groups excluding carboxylic acids is 1. The SMILES string of the molecule is CCC(C(=O)Nc1cc(S(=O)(=O)N2CCN(C)CC2)ccc1OC)c1ccccc1. The van der Waals surface area contributed by atoms with Gasteiger partial charge in [-0.3, -0.25) is 4.79 Å². The van der Waals surface area contributed by atoms with Crippen molar-refractivity contribution in [2.24, 2.45) is 0 Å². The van der Waals surface area contributed by atoms with E-state index in [-0.39, 0.29) is 16.7 Å². The number of sulfonamides is 1. The average Bonchev–Trinajstić information content (AvgIpc) is 2.75. The predicted molar refractivity (Wildman–Crippen MR) is 117 cm³/mol. The summed E-state index contributed by atoms with van der Waals surface area (Å²) in [6, 6.07) is 14.1. The fraction of sp³-hybridized carbons (Fsp3) is 0.409. The molecule has 0 bridgehead atoms. The van der Waals surface area contributed by atoms with Gasteiger partial charge in [0, 0.05) is 26.2 Å². The third-order valence-corrected chi connectivity index (χ3v) is 7.35. The number of hydrogen-bond acceptors (Lipinski definition) is 5. The van der Waals surface area contributed by atoms with Crippen LogP contribution in [0.25, 0.3) is 0 Å². The highest BCUT2D eigenvalue weighted by molar-refractivity contribution is 7.89. The minimum atomic E-state index is -3.65. The Balaban J connectivity index is 1.87. The molecule has 2 aromatic carbocycles. The molecule has 3 rings (SSSR count). The largest absolute Gasteiger partial charge is 0.495 e. The normalized spacial score (nSPS) is 16.8. The summed E-state index contributed by atoms with van der Waals surface area (Å²) in [4.78, 5) is 15.2. The average molecular weight is 432 g/mol. The number of nitrogens with one attached hydrogen (secondary N) is 1. The number of benzene rings is 2. The third-order valence-electron chi connectivity index (χ3n) is 5.46. The Kier molecular flexibility index (Phi) is 7.12. The number of methoxy groups -OCH3 is 1. The molecule has 2 aromatic rings. The van der Waals surface area contributed by atoms with Gasteiger partial charge in [0.25, 0.3) is 0 Å². The van der Waals surface area contributed by atoms with Crippen LogP contribution in [0.1, 0.15) is 24.8 Å². The van der Waals surface area contributed by atoms with Gasteiger partial charge in [-0.2, -0.15) is 4.31 Å². The van der Waals surface area contributed by atoms with Gasteiger partial charge in [-0.25, -0.2) is 8.42 Å². The van der Waals surface area contributed by atoms with Gasteiger partial charge < -0.3 is 15.0 Å². The van der Waals surface area contributed by atoms with Crippen LogP contribution in [-0.2, 0) is 14.8 Å². The molecule has 1 amide bonds. The molecular weight excluding hydrogens is 402 g/mol. The highest BCUT2D eigenvalue weighted by Gasteiger charge is 2.28. The van der Waals surface area contributed by atoms with Gasteiger partial charge in [-0.05, 0) is 37.2 Å². The van der Waals surface area contributed by atoms with Gasteiger partial charge in [0.05, 0.1) is 23.6 Å². The van der Waals surface area contributed by atoms with Crippen LogP contribution in [0.3, 0.4) is 0 Å². The van der Waals surface area contributed by atoms with Crippen molar-refractivity contribution in [3.05, 3.63) is 54.1 Å². The van der Waals surface area contributed by atoms with Crippen LogP contribution in [0.4, 0.5) is 5.69 Å². The molecule has 0 radical (unpaired) electrons. The van der Waals surface area contributed by atoms with Crippen LogP contribution in [0.2, 0.25) is 0 Å². The standard InChI is InChI=1S/C22H29N3O4S/c1-4-19(17-8-6-5-7-9-17)22(26)23-20-16-18(10-11-21(20)29-3)30(27,28)25-14-12-24(2)13-15-25/h5-11,16,19H,4,12-15H2,1-3H3,(H,23,26). The van der Waals surface area contributed by atoms with Gasteiger partial charge in [0.15, 0.2) is 0 Å². The van der Waals surface area contributed by atoms with Crippen LogP contribution in [0.5, 0.6) is 5.75 Å². The lowest BCUT2D eigenvalue weighted by Gasteiger charge is -2.31. The summed E-state index contributed by atoms with van der Waals surface area (Å²) < 4.78 is 33.0. The van der Waals surface area contributed by atoms with Crippen molar-refractivity contribution >= 4 is 21.6 Å². The van der Waals surface area contributed by atoms with Crippen LogP contribution in [-0.4, -0.2) is 63.9 Å². The van der Waals surface area contributed by atoms with E-state index in [0.29, 0.717) is 44.0 Å². The quantitative estimate of drug-likeness (QED) is 0.729. The van der Waals surface area contributed by atoms with Gasteiger partial charge >= 0.3 is 0 Å². The van der Waals surface area contributed by atoms with Crippen molar-refractivity contribution in [3.8, 4) is 5.75 Å². The molecule has 0 aromatic heterocycles. The number of nitrogens with zero attached hydrogens (tertiary/aromatic N) is 2. The van der Waals surface area contributed by atoms with Crippen molar-refractivity contribution in [3.63, 3.8) is 0 Å². The van der Waals surface area contributed by atoms with E-state index in [9.17, 15) is 13.2 Å². The molecule has 1 fully saturated rings. The molecule has 1 aliphatic heterocycles. The molecule has 1 unspecified atom stereocenters. The molecule has 0 aliphatic carbocycles. The fourth-order valence-electron chi connectivity index (χ4n) is 3.60. The zero-order valence-electron chi connectivity index (χ0n) is 17.7. The van der Waals surface area contributed by atoms with E-state index in [1.807, 2.05) is 44.3 Å². The molecule has 8 heteroatoms. The Bertz CT molecular complexity index is 971. The number of likely N-dealkylation sites (N-methyl/N-ethyl adjacent to an activating group) is 1. The number of hydrogen-bond donors (Lipinski definition) is 1. The van der Waals surface area contributed by atoms with Crippen molar-refractivity contribution in [1.82, 2.24) is 9.21 Å². The van der Waals surface area contributed by atoms with Gasteiger partial charge in [0.1, 0.15) is 5.75 Å². The summed E-state index contributed by atoms with van der Waals surface area (Å²) in [7, 11) is -0.179. The lowest BCUT2D eigenvalue weighted by Crippen LogP contribution is -2.47. The lowest BCUT2D eigenvalue weighted by molar-refractivity contribution is -0.117. The van der Waals surface area contributed by atoms with E-state index in [4.69, 9.17) is 4.74 Å². The molecule has 7 nitrogen and oxygen atoms in total. The summed E-state index contributed by atoms with van der Waals surface area (Å²) in [5.74, 6) is -0.117. The molecular formula is C22H29N3O4S. The van der Waals surface area contributed by atoms with E-state index >= 15 is 0 Å². The number of anilines is 1. The maximum absolute atomic E-state index is 13.1. The first-order valence-electron chi connectivity index (χ1n) is 10.1. The number of rotatable bonds is 7. The summed E-state index contributed by atoms with van der Waals surface area (Å²) >= 11 is 0. The first-order valence-corrected chi connectivity index (χ1v) is 11.5. The maximum atomic E-state index is 13.1. The minimum absolute atomic E-state index is 0.149. The summed E-state index contributed by atoms with van der Waals surface area (Å²) in [6.45, 7) is 4.21.